The first-order valence-electron chi connectivity index (χ1n) is 11.3. The molecule has 0 unspecified atom stereocenters. The van der Waals surface area contributed by atoms with Crippen LogP contribution >= 0.6 is 0 Å². The zero-order valence-electron chi connectivity index (χ0n) is 20.1. The Bertz CT molecular complexity index is 994. The number of nitrogens with zero attached hydrogens (tertiary/aromatic N) is 1. The third kappa shape index (κ3) is 6.03. The van der Waals surface area contributed by atoms with Gasteiger partial charge in [-0.2, -0.15) is 0 Å². The van der Waals surface area contributed by atoms with E-state index in [2.05, 4.69) is 31.1 Å². The van der Waals surface area contributed by atoms with Crippen molar-refractivity contribution < 1.29 is 14.6 Å². The van der Waals surface area contributed by atoms with E-state index in [1.165, 1.54) is 0 Å². The summed E-state index contributed by atoms with van der Waals surface area (Å²) in [5.74, 6) is 3.27. The molecule has 2 atom stereocenters. The van der Waals surface area contributed by atoms with Gasteiger partial charge < -0.3 is 14.7 Å². The van der Waals surface area contributed by atoms with Gasteiger partial charge in [-0.1, -0.05) is 68.0 Å². The van der Waals surface area contributed by atoms with Gasteiger partial charge in [0.05, 0.1) is 11.6 Å². The number of cyclic esters (lactones) is 1. The fourth-order valence-corrected chi connectivity index (χ4v) is 4.70. The zero-order valence-corrected chi connectivity index (χ0v) is 21.1. The van der Waals surface area contributed by atoms with E-state index >= 15 is 0 Å². The molecule has 2 aromatic rings. The van der Waals surface area contributed by atoms with Gasteiger partial charge in [0.15, 0.2) is 0 Å². The molecule has 4 nitrogen and oxygen atoms in total. The lowest BCUT2D eigenvalue weighted by atomic mass is 9.80. The lowest BCUT2D eigenvalue weighted by Gasteiger charge is -2.45. The molecule has 0 saturated carbocycles. The first kappa shape index (κ1) is 24.1. The highest BCUT2D eigenvalue weighted by molar-refractivity contribution is 6.83. The van der Waals surface area contributed by atoms with Crippen molar-refractivity contribution in [1.82, 2.24) is 4.90 Å². The van der Waals surface area contributed by atoms with E-state index in [1.54, 1.807) is 18.7 Å². The molecule has 1 saturated heterocycles. The summed E-state index contributed by atoms with van der Waals surface area (Å²) in [5, 5.41) is 10.5. The molecule has 32 heavy (non-hydrogen) atoms. The van der Waals surface area contributed by atoms with Crippen LogP contribution in [0.15, 0.2) is 54.6 Å². The third-order valence-electron chi connectivity index (χ3n) is 5.73. The second-order valence-corrected chi connectivity index (χ2v) is 15.2. The summed E-state index contributed by atoms with van der Waals surface area (Å²) in [4.78, 5) is 14.9. The highest BCUT2D eigenvalue weighted by Gasteiger charge is 2.46. The van der Waals surface area contributed by atoms with Crippen molar-refractivity contribution in [2.45, 2.75) is 70.5 Å². The molecule has 0 bridgehead atoms. The Morgan fingerprint density at radius 3 is 2.28 bits per heavy atom. The number of carbonyl (C=O) groups excluding carboxylic acids is 1. The molecule has 1 N–H and O–H groups in total. The minimum atomic E-state index is -1.42. The lowest BCUT2D eigenvalue weighted by Crippen LogP contribution is -2.51. The average molecular weight is 450 g/mol. The van der Waals surface area contributed by atoms with Gasteiger partial charge in [-0.05, 0) is 44.0 Å². The van der Waals surface area contributed by atoms with Gasteiger partial charge in [-0.3, -0.25) is 0 Å². The normalized spacial score (nSPS) is 20.2. The maximum atomic E-state index is 13.2. The molecule has 170 valence electrons. The number of hydrogen-bond donors (Lipinski definition) is 1. The van der Waals surface area contributed by atoms with Crippen LogP contribution in [0, 0.1) is 11.5 Å². The Balaban J connectivity index is 1.79. The SMILES string of the molecule is C[C@@H](c1ccc(C#C[Si](C)(C)C)cc1)N1CC[C@](CC(C)(C)O)(c2ccccc2)OC1=O. The molecule has 0 aromatic heterocycles. The van der Waals surface area contributed by atoms with E-state index in [-0.39, 0.29) is 12.1 Å². The summed E-state index contributed by atoms with van der Waals surface area (Å²) < 4.78 is 6.10. The summed E-state index contributed by atoms with van der Waals surface area (Å²) in [5.41, 5.74) is 4.57. The fourth-order valence-electron chi connectivity index (χ4n) is 4.18. The highest BCUT2D eigenvalue weighted by Crippen LogP contribution is 2.42. The number of ether oxygens (including phenoxy) is 1. The van der Waals surface area contributed by atoms with E-state index < -0.39 is 19.3 Å². The first-order valence-corrected chi connectivity index (χ1v) is 14.8. The number of aliphatic hydroxyl groups is 1. The van der Waals surface area contributed by atoms with Crippen LogP contribution in [0.2, 0.25) is 19.6 Å². The molecule has 1 heterocycles. The second-order valence-electron chi connectivity index (χ2n) is 10.5. The number of rotatable bonds is 5. The third-order valence-corrected chi connectivity index (χ3v) is 6.61. The maximum Gasteiger partial charge on any atom is 0.411 e. The van der Waals surface area contributed by atoms with Crippen molar-refractivity contribution in [3.63, 3.8) is 0 Å². The highest BCUT2D eigenvalue weighted by atomic mass is 28.3. The summed E-state index contributed by atoms with van der Waals surface area (Å²) in [6.07, 6.45) is 0.624. The topological polar surface area (TPSA) is 49.8 Å². The Hall–Kier alpha value is -2.55. The largest absolute Gasteiger partial charge is 0.438 e. The van der Waals surface area contributed by atoms with Gasteiger partial charge in [-0.25, -0.2) is 4.79 Å². The van der Waals surface area contributed by atoms with Crippen LogP contribution in [-0.2, 0) is 10.3 Å². The van der Waals surface area contributed by atoms with Crippen molar-refractivity contribution in [2.24, 2.45) is 0 Å². The van der Waals surface area contributed by atoms with Crippen LogP contribution in [0.4, 0.5) is 4.79 Å². The Morgan fingerprint density at radius 2 is 1.75 bits per heavy atom. The van der Waals surface area contributed by atoms with Crippen LogP contribution in [0.25, 0.3) is 0 Å². The molecule has 0 radical (unpaired) electrons. The second kappa shape index (κ2) is 9.13. The van der Waals surface area contributed by atoms with Crippen LogP contribution in [0.5, 0.6) is 0 Å². The number of benzene rings is 2. The molecule has 1 amide bonds. The maximum absolute atomic E-state index is 13.2. The predicted molar refractivity (Wildman–Crippen MR) is 132 cm³/mol. The van der Waals surface area contributed by atoms with Crippen LogP contribution in [-0.4, -0.2) is 36.3 Å². The van der Waals surface area contributed by atoms with E-state index in [0.717, 1.165) is 16.7 Å². The van der Waals surface area contributed by atoms with Crippen LogP contribution in [0.1, 0.15) is 56.3 Å². The van der Waals surface area contributed by atoms with Crippen LogP contribution < -0.4 is 0 Å². The van der Waals surface area contributed by atoms with Gasteiger partial charge in [0.1, 0.15) is 13.7 Å². The monoisotopic (exact) mass is 449 g/mol. The summed E-state index contributed by atoms with van der Waals surface area (Å²) in [7, 11) is -1.42. The molecule has 0 aliphatic carbocycles. The Morgan fingerprint density at radius 1 is 1.12 bits per heavy atom. The van der Waals surface area contributed by atoms with Crippen molar-refractivity contribution in [1.29, 1.82) is 0 Å². The van der Waals surface area contributed by atoms with Gasteiger partial charge in [0.25, 0.3) is 0 Å². The smallest absolute Gasteiger partial charge is 0.411 e. The summed E-state index contributed by atoms with van der Waals surface area (Å²) >= 11 is 0. The first-order chi connectivity index (χ1) is 14.9. The minimum absolute atomic E-state index is 0.114. The van der Waals surface area contributed by atoms with Crippen molar-refractivity contribution in [3.8, 4) is 11.5 Å². The van der Waals surface area contributed by atoms with Crippen molar-refractivity contribution in [2.75, 3.05) is 6.54 Å². The van der Waals surface area contributed by atoms with Gasteiger partial charge in [0, 0.05) is 24.9 Å². The predicted octanol–water partition coefficient (Wildman–Crippen LogP) is 5.88. The van der Waals surface area contributed by atoms with Crippen LogP contribution in [0.3, 0.4) is 0 Å². The molecule has 0 spiro atoms. The molecule has 1 aliphatic rings. The molecular formula is C27H35NO3Si. The standard InChI is InChI=1S/C27H35NO3Si/c1-21(23-14-12-22(13-15-23)16-19-32(4,5)6)28-18-17-27(31-25(28)29,20-26(2,3)30)24-10-8-7-9-11-24/h7-15,21,30H,17-18,20H2,1-6H3/t21-,27-/m0/s1. The molecule has 3 rings (SSSR count). The lowest BCUT2D eigenvalue weighted by molar-refractivity contribution is -0.101. The molecule has 1 fully saturated rings. The molecule has 5 heteroatoms. The fraction of sp³-hybridized carbons (Fsp3) is 0.444. The van der Waals surface area contributed by atoms with Gasteiger partial charge >= 0.3 is 6.09 Å². The summed E-state index contributed by atoms with van der Waals surface area (Å²) in [6, 6.07) is 17.8. The van der Waals surface area contributed by atoms with E-state index in [0.29, 0.717) is 19.4 Å². The number of carbonyl (C=O) groups is 1. The molecule has 2 aromatic carbocycles. The van der Waals surface area contributed by atoms with Crippen molar-refractivity contribution in [3.05, 3.63) is 71.3 Å². The van der Waals surface area contributed by atoms with Crippen molar-refractivity contribution >= 4 is 14.2 Å². The molecule has 1 aliphatic heterocycles. The van der Waals surface area contributed by atoms with Gasteiger partial charge in [-0.15, -0.1) is 5.54 Å². The van der Waals surface area contributed by atoms with Gasteiger partial charge in [0.2, 0.25) is 0 Å². The zero-order chi connectivity index (χ0) is 23.6. The van der Waals surface area contributed by atoms with E-state index in [1.807, 2.05) is 61.5 Å². The Labute approximate surface area is 193 Å². The van der Waals surface area contributed by atoms with E-state index in [9.17, 15) is 9.90 Å². The summed E-state index contributed by atoms with van der Waals surface area (Å²) in [6.45, 7) is 12.8. The molecular weight excluding hydrogens is 414 g/mol. The minimum Gasteiger partial charge on any atom is -0.438 e. The number of amides is 1. The average Bonchev–Trinajstić information content (AvgIpc) is 2.71. The van der Waals surface area contributed by atoms with E-state index in [4.69, 9.17) is 4.74 Å². The Kier molecular flexibility index (Phi) is 6.88. The number of hydrogen-bond acceptors (Lipinski definition) is 3. The quantitative estimate of drug-likeness (QED) is 0.458.